The van der Waals surface area contributed by atoms with E-state index < -0.39 is 0 Å². The Labute approximate surface area is 171 Å². The van der Waals surface area contributed by atoms with Crippen molar-refractivity contribution in [1.29, 1.82) is 0 Å². The summed E-state index contributed by atoms with van der Waals surface area (Å²) in [6, 6.07) is 7.16. The van der Waals surface area contributed by atoms with Gasteiger partial charge in [-0.3, -0.25) is 4.79 Å². The molecular formula is C22H27NO4S. The van der Waals surface area contributed by atoms with Gasteiger partial charge in [0, 0.05) is 43.9 Å². The zero-order valence-electron chi connectivity index (χ0n) is 16.8. The highest BCUT2D eigenvalue weighted by atomic mass is 32.2. The molecule has 2 heterocycles. The summed E-state index contributed by atoms with van der Waals surface area (Å²) in [4.78, 5) is 26.3. The zero-order valence-corrected chi connectivity index (χ0v) is 17.6. The first kappa shape index (κ1) is 22.0. The fourth-order valence-electron chi connectivity index (χ4n) is 2.83. The van der Waals surface area contributed by atoms with Crippen molar-refractivity contribution in [2.45, 2.75) is 20.3 Å². The summed E-state index contributed by atoms with van der Waals surface area (Å²) in [7, 11) is 3.28. The maximum absolute atomic E-state index is 12.8. The molecule has 1 atom stereocenters. The van der Waals surface area contributed by atoms with Crippen LogP contribution in [0.3, 0.4) is 0 Å². The van der Waals surface area contributed by atoms with Crippen LogP contribution in [0.1, 0.15) is 30.6 Å². The smallest absolute Gasteiger partial charge is 0.199 e. The van der Waals surface area contributed by atoms with Crippen molar-refractivity contribution in [2.75, 3.05) is 27.4 Å². The van der Waals surface area contributed by atoms with Gasteiger partial charge in [-0.2, -0.15) is 0 Å². The van der Waals surface area contributed by atoms with E-state index in [2.05, 4.69) is 21.8 Å². The number of benzene rings is 1. The van der Waals surface area contributed by atoms with Crippen LogP contribution in [0.5, 0.6) is 5.75 Å². The van der Waals surface area contributed by atoms with Gasteiger partial charge in [-0.25, -0.2) is 0 Å². The van der Waals surface area contributed by atoms with E-state index in [1.54, 1.807) is 38.5 Å². The maximum atomic E-state index is 12.8. The minimum absolute atomic E-state index is 0.0153. The Morgan fingerprint density at radius 1 is 1.18 bits per heavy atom. The molecule has 1 aromatic rings. The van der Waals surface area contributed by atoms with Gasteiger partial charge in [0.05, 0.1) is 17.0 Å². The van der Waals surface area contributed by atoms with Crippen molar-refractivity contribution in [3.8, 4) is 5.75 Å². The molecule has 1 aromatic carbocycles. The van der Waals surface area contributed by atoms with E-state index in [-0.39, 0.29) is 11.7 Å². The summed E-state index contributed by atoms with van der Waals surface area (Å²) >= 11 is 1.47. The number of thioether (sulfide) groups is 1. The van der Waals surface area contributed by atoms with Crippen molar-refractivity contribution in [3.63, 3.8) is 0 Å². The van der Waals surface area contributed by atoms with Crippen molar-refractivity contribution in [3.05, 3.63) is 63.7 Å². The van der Waals surface area contributed by atoms with E-state index in [4.69, 9.17) is 4.74 Å². The number of hydrogen-bond acceptors (Lipinski definition) is 6. The summed E-state index contributed by atoms with van der Waals surface area (Å²) in [6.07, 6.45) is 7.65. The number of Topliss-reactive ketones (excluding diaryl/α,β-unsaturated/α-hetero) is 1. The lowest BCUT2D eigenvalue weighted by atomic mass is 10.0. The lowest BCUT2D eigenvalue weighted by molar-refractivity contribution is -0.108. The average molecular weight is 402 g/mol. The van der Waals surface area contributed by atoms with E-state index in [0.29, 0.717) is 18.5 Å². The number of hydrogen-bond donors (Lipinski definition) is 0. The number of allylic oxidation sites excluding steroid dienone is 5. The zero-order chi connectivity index (χ0) is 20.5. The third-order valence-electron chi connectivity index (χ3n) is 4.35. The average Bonchev–Trinajstić information content (AvgIpc) is 2.73. The quantitative estimate of drug-likeness (QED) is 0.498. The van der Waals surface area contributed by atoms with E-state index >= 15 is 0 Å². The maximum Gasteiger partial charge on any atom is 0.199 e. The van der Waals surface area contributed by atoms with Crippen LogP contribution in [0.2, 0.25) is 0 Å². The summed E-state index contributed by atoms with van der Waals surface area (Å²) in [6.45, 7) is 5.46. The molecule has 6 heteroatoms. The molecule has 0 spiro atoms. The second-order valence-corrected chi connectivity index (χ2v) is 7.33. The predicted octanol–water partition coefficient (Wildman–Crippen LogP) is 4.43. The van der Waals surface area contributed by atoms with E-state index in [9.17, 15) is 9.59 Å². The summed E-state index contributed by atoms with van der Waals surface area (Å²) in [5.41, 5.74) is 1.77. The number of ether oxygens (including phenoxy) is 2. The third kappa shape index (κ3) is 5.59. The van der Waals surface area contributed by atoms with E-state index in [0.717, 1.165) is 34.3 Å². The summed E-state index contributed by atoms with van der Waals surface area (Å²) in [5.74, 6) is 0.877. The first-order chi connectivity index (χ1) is 13.5. The standard InChI is InChI=1S/C19H19NO3S.C3H8O/c1-13-10-14-11-17(24-18(12-14)20(13)8-3-9-21)19(22)15-4-6-16(23-2)7-5-15;1-3-4-2/h4-7,9-12,14H,3,8H2,1-2H3;3H2,1-2H3. The molecule has 0 amide bonds. The molecule has 28 heavy (non-hydrogen) atoms. The van der Waals surface area contributed by atoms with Crippen LogP contribution in [-0.4, -0.2) is 44.3 Å². The molecule has 0 saturated heterocycles. The number of fused-ring (bicyclic) bond motifs is 1. The second-order valence-electron chi connectivity index (χ2n) is 6.27. The van der Waals surface area contributed by atoms with Gasteiger partial charge in [-0.15, -0.1) is 0 Å². The monoisotopic (exact) mass is 401 g/mol. The van der Waals surface area contributed by atoms with Crippen molar-refractivity contribution in [1.82, 2.24) is 4.90 Å². The van der Waals surface area contributed by atoms with Crippen LogP contribution in [0.15, 0.2) is 58.1 Å². The number of carbonyl (C=O) groups is 2. The molecule has 2 bridgehead atoms. The lowest BCUT2D eigenvalue weighted by Gasteiger charge is -2.34. The Balaban J connectivity index is 0.000000640. The molecule has 0 aliphatic carbocycles. The van der Waals surface area contributed by atoms with Gasteiger partial charge < -0.3 is 19.2 Å². The molecule has 0 saturated carbocycles. The van der Waals surface area contributed by atoms with E-state index in [1.165, 1.54) is 11.8 Å². The SMILES string of the molecule is CCOC.COc1ccc(C(=O)C2=CC3C=C(C)N(CCC=O)C(=C3)S2)cc1. The van der Waals surface area contributed by atoms with Crippen molar-refractivity contribution < 1.29 is 19.1 Å². The fourth-order valence-corrected chi connectivity index (χ4v) is 4.06. The topological polar surface area (TPSA) is 55.8 Å². The molecule has 0 aromatic heterocycles. The van der Waals surface area contributed by atoms with Gasteiger partial charge in [0.2, 0.25) is 0 Å². The minimum Gasteiger partial charge on any atom is -0.497 e. The first-order valence-corrected chi connectivity index (χ1v) is 10.0. The number of ketones is 1. The van der Waals surface area contributed by atoms with Crippen molar-refractivity contribution in [2.24, 2.45) is 5.92 Å². The van der Waals surface area contributed by atoms with Gasteiger partial charge in [-0.1, -0.05) is 23.9 Å². The normalized spacial score (nSPS) is 17.5. The molecule has 2 aliphatic rings. The first-order valence-electron chi connectivity index (χ1n) is 9.22. The Morgan fingerprint density at radius 3 is 2.43 bits per heavy atom. The Bertz CT molecular complexity index is 776. The van der Waals surface area contributed by atoms with Crippen molar-refractivity contribution >= 4 is 23.8 Å². The number of nitrogens with zero attached hydrogens (tertiary/aromatic N) is 1. The predicted molar refractivity (Wildman–Crippen MR) is 113 cm³/mol. The highest BCUT2D eigenvalue weighted by Gasteiger charge is 2.27. The van der Waals surface area contributed by atoms with Gasteiger partial charge in [0.15, 0.2) is 5.78 Å². The van der Waals surface area contributed by atoms with Gasteiger partial charge >= 0.3 is 0 Å². The minimum atomic E-state index is 0.0153. The molecule has 0 radical (unpaired) electrons. The summed E-state index contributed by atoms with van der Waals surface area (Å²) in [5, 5.41) is 1.03. The number of aldehydes is 1. The van der Waals surface area contributed by atoms with Crippen LogP contribution in [0.25, 0.3) is 0 Å². The molecule has 0 fully saturated rings. The highest BCUT2D eigenvalue weighted by Crippen LogP contribution is 2.41. The molecule has 5 nitrogen and oxygen atoms in total. The van der Waals surface area contributed by atoms with Crippen LogP contribution in [-0.2, 0) is 9.53 Å². The summed E-state index contributed by atoms with van der Waals surface area (Å²) < 4.78 is 9.68. The third-order valence-corrected chi connectivity index (χ3v) is 5.46. The van der Waals surface area contributed by atoms with Crippen LogP contribution in [0, 0.1) is 5.92 Å². The van der Waals surface area contributed by atoms with Crippen LogP contribution < -0.4 is 4.74 Å². The molecular weight excluding hydrogens is 374 g/mol. The number of carbonyl (C=O) groups excluding carboxylic acids is 2. The molecule has 2 aliphatic heterocycles. The van der Waals surface area contributed by atoms with Gasteiger partial charge in [0.25, 0.3) is 0 Å². The van der Waals surface area contributed by atoms with Gasteiger partial charge in [0.1, 0.15) is 12.0 Å². The Hall–Kier alpha value is -2.31. The lowest BCUT2D eigenvalue weighted by Crippen LogP contribution is -2.27. The highest BCUT2D eigenvalue weighted by molar-refractivity contribution is 8.07. The van der Waals surface area contributed by atoms with Crippen LogP contribution in [0.4, 0.5) is 0 Å². The molecule has 3 rings (SSSR count). The molecule has 150 valence electrons. The number of methoxy groups -OCH3 is 2. The fraction of sp³-hybridized carbons (Fsp3) is 0.364. The second kappa shape index (κ2) is 10.9. The van der Waals surface area contributed by atoms with Crippen LogP contribution >= 0.6 is 11.8 Å². The number of rotatable bonds is 7. The Kier molecular flexibility index (Phi) is 8.54. The molecule has 0 N–H and O–H groups in total. The van der Waals surface area contributed by atoms with Gasteiger partial charge in [-0.05, 0) is 44.2 Å². The Morgan fingerprint density at radius 2 is 1.86 bits per heavy atom. The molecule has 1 unspecified atom stereocenters. The van der Waals surface area contributed by atoms with E-state index in [1.807, 2.05) is 19.9 Å². The largest absolute Gasteiger partial charge is 0.497 e.